The Balaban J connectivity index is 1.36. The molecule has 0 saturated carbocycles. The average molecular weight is 409 g/mol. The standard InChI is InChI=1S/C22H20FN3O2S/c23-18-10-4-3-9-17(18)21(28)26-22-24-15(13-29-22)12-20(27)25-19-11-5-7-14-6-1-2-8-16(14)19/h1-4,6,8-10,13,19H,5,7,11-12H2,(H,25,27)(H,24,26,28). The normalized spacial score (nSPS) is 15.4. The minimum absolute atomic E-state index is 0.0197. The lowest BCUT2D eigenvalue weighted by atomic mass is 9.87. The predicted molar refractivity (Wildman–Crippen MR) is 110 cm³/mol. The van der Waals surface area contributed by atoms with Gasteiger partial charge in [-0.1, -0.05) is 36.4 Å². The lowest BCUT2D eigenvalue weighted by Crippen LogP contribution is -2.32. The highest BCUT2D eigenvalue weighted by Gasteiger charge is 2.22. The maximum Gasteiger partial charge on any atom is 0.260 e. The van der Waals surface area contributed by atoms with E-state index in [1.165, 1.54) is 40.7 Å². The Morgan fingerprint density at radius 1 is 1.14 bits per heavy atom. The third-order valence-electron chi connectivity index (χ3n) is 4.94. The van der Waals surface area contributed by atoms with Crippen LogP contribution in [-0.4, -0.2) is 16.8 Å². The molecule has 1 heterocycles. The lowest BCUT2D eigenvalue weighted by molar-refractivity contribution is -0.121. The number of thiazole rings is 1. The number of nitrogens with zero attached hydrogens (tertiary/aromatic N) is 1. The number of carbonyl (C=O) groups excluding carboxylic acids is 2. The van der Waals surface area contributed by atoms with Crippen LogP contribution in [0.15, 0.2) is 53.9 Å². The van der Waals surface area contributed by atoms with Crippen LogP contribution in [-0.2, 0) is 17.6 Å². The predicted octanol–water partition coefficient (Wildman–Crippen LogP) is 4.27. The van der Waals surface area contributed by atoms with Crippen LogP contribution in [0.5, 0.6) is 0 Å². The van der Waals surface area contributed by atoms with Gasteiger partial charge in [-0.05, 0) is 42.5 Å². The molecule has 0 aliphatic heterocycles. The average Bonchev–Trinajstić information content (AvgIpc) is 3.15. The second kappa shape index (κ2) is 8.53. The number of amides is 2. The number of anilines is 1. The van der Waals surface area contributed by atoms with Crippen molar-refractivity contribution in [1.82, 2.24) is 10.3 Å². The fraction of sp³-hybridized carbons (Fsp3) is 0.227. The van der Waals surface area contributed by atoms with Gasteiger partial charge < -0.3 is 5.32 Å². The number of rotatable bonds is 5. The van der Waals surface area contributed by atoms with Crippen molar-refractivity contribution in [3.8, 4) is 0 Å². The van der Waals surface area contributed by atoms with E-state index in [1.54, 1.807) is 11.4 Å². The molecule has 2 N–H and O–H groups in total. The van der Waals surface area contributed by atoms with E-state index < -0.39 is 11.7 Å². The highest BCUT2D eigenvalue weighted by Crippen LogP contribution is 2.29. The third kappa shape index (κ3) is 4.51. The molecule has 0 radical (unpaired) electrons. The Labute approximate surface area is 172 Å². The number of hydrogen-bond acceptors (Lipinski definition) is 4. The Hall–Kier alpha value is -3.06. The summed E-state index contributed by atoms with van der Waals surface area (Å²) >= 11 is 1.21. The lowest BCUT2D eigenvalue weighted by Gasteiger charge is -2.26. The van der Waals surface area contributed by atoms with Crippen LogP contribution in [0.4, 0.5) is 9.52 Å². The van der Waals surface area contributed by atoms with Gasteiger partial charge in [0.1, 0.15) is 5.82 Å². The van der Waals surface area contributed by atoms with Gasteiger partial charge in [-0.15, -0.1) is 11.3 Å². The molecule has 1 atom stereocenters. The molecule has 0 spiro atoms. The topological polar surface area (TPSA) is 71.1 Å². The number of aryl methyl sites for hydroxylation is 1. The molecule has 29 heavy (non-hydrogen) atoms. The van der Waals surface area contributed by atoms with Crippen LogP contribution in [0, 0.1) is 5.82 Å². The van der Waals surface area contributed by atoms with E-state index in [4.69, 9.17) is 0 Å². The Morgan fingerprint density at radius 2 is 1.93 bits per heavy atom. The molecule has 1 aromatic heterocycles. The zero-order valence-corrected chi connectivity index (χ0v) is 16.5. The van der Waals surface area contributed by atoms with Gasteiger partial charge in [-0.2, -0.15) is 0 Å². The van der Waals surface area contributed by atoms with Gasteiger partial charge in [-0.25, -0.2) is 9.37 Å². The zero-order valence-electron chi connectivity index (χ0n) is 15.7. The van der Waals surface area contributed by atoms with Crippen molar-refractivity contribution in [3.05, 3.63) is 82.1 Å². The van der Waals surface area contributed by atoms with Gasteiger partial charge in [0.15, 0.2) is 5.13 Å². The van der Waals surface area contributed by atoms with Crippen LogP contribution in [0.25, 0.3) is 0 Å². The Bertz CT molecular complexity index is 1050. The van der Waals surface area contributed by atoms with Crippen LogP contribution in [0.3, 0.4) is 0 Å². The highest BCUT2D eigenvalue weighted by atomic mass is 32.1. The molecule has 7 heteroatoms. The van der Waals surface area contributed by atoms with E-state index in [-0.39, 0.29) is 23.9 Å². The largest absolute Gasteiger partial charge is 0.349 e. The summed E-state index contributed by atoms with van der Waals surface area (Å²) in [7, 11) is 0. The van der Waals surface area contributed by atoms with E-state index >= 15 is 0 Å². The number of aromatic nitrogens is 1. The van der Waals surface area contributed by atoms with E-state index in [1.807, 2.05) is 12.1 Å². The van der Waals surface area contributed by atoms with Crippen molar-refractivity contribution in [1.29, 1.82) is 0 Å². The Morgan fingerprint density at radius 3 is 2.79 bits per heavy atom. The second-order valence-corrected chi connectivity index (χ2v) is 7.82. The maximum atomic E-state index is 13.7. The minimum Gasteiger partial charge on any atom is -0.349 e. The first kappa shape index (κ1) is 19.3. The highest BCUT2D eigenvalue weighted by molar-refractivity contribution is 7.14. The number of halogens is 1. The minimum atomic E-state index is -0.589. The number of fused-ring (bicyclic) bond motifs is 1. The van der Waals surface area contributed by atoms with Crippen molar-refractivity contribution >= 4 is 28.3 Å². The molecule has 3 aromatic rings. The first-order chi connectivity index (χ1) is 14.1. The van der Waals surface area contributed by atoms with E-state index in [9.17, 15) is 14.0 Å². The second-order valence-electron chi connectivity index (χ2n) is 6.97. The van der Waals surface area contributed by atoms with Gasteiger partial charge in [0, 0.05) is 5.38 Å². The summed E-state index contributed by atoms with van der Waals surface area (Å²) in [6, 6.07) is 14.0. The van der Waals surface area contributed by atoms with Gasteiger partial charge in [0.2, 0.25) is 5.91 Å². The molecule has 2 aromatic carbocycles. The van der Waals surface area contributed by atoms with E-state index in [2.05, 4.69) is 27.8 Å². The summed E-state index contributed by atoms with van der Waals surface area (Å²) in [5.74, 6) is -1.26. The first-order valence-electron chi connectivity index (χ1n) is 9.47. The summed E-state index contributed by atoms with van der Waals surface area (Å²) in [6.07, 6.45) is 3.14. The molecular weight excluding hydrogens is 389 g/mol. The summed E-state index contributed by atoms with van der Waals surface area (Å²) in [5.41, 5.74) is 3.00. The SMILES string of the molecule is O=C(Cc1csc(NC(=O)c2ccccc2F)n1)NC1CCCc2ccccc21. The fourth-order valence-electron chi connectivity index (χ4n) is 3.57. The third-order valence-corrected chi connectivity index (χ3v) is 5.74. The summed E-state index contributed by atoms with van der Waals surface area (Å²) in [6.45, 7) is 0. The number of nitrogens with one attached hydrogen (secondary N) is 2. The molecule has 0 fully saturated rings. The van der Waals surface area contributed by atoms with Crippen molar-refractivity contribution in [2.45, 2.75) is 31.7 Å². The number of hydrogen-bond donors (Lipinski definition) is 2. The molecule has 4 rings (SSSR count). The fourth-order valence-corrected chi connectivity index (χ4v) is 4.27. The van der Waals surface area contributed by atoms with Gasteiger partial charge >= 0.3 is 0 Å². The zero-order chi connectivity index (χ0) is 20.2. The molecule has 2 amide bonds. The maximum absolute atomic E-state index is 13.7. The van der Waals surface area contributed by atoms with Gasteiger partial charge in [0.05, 0.1) is 23.7 Å². The number of carbonyl (C=O) groups is 2. The molecule has 1 aliphatic carbocycles. The van der Waals surface area contributed by atoms with Crippen molar-refractivity contribution in [2.75, 3.05) is 5.32 Å². The first-order valence-corrected chi connectivity index (χ1v) is 10.4. The van der Waals surface area contributed by atoms with Crippen LogP contribution >= 0.6 is 11.3 Å². The van der Waals surface area contributed by atoms with Crippen molar-refractivity contribution in [3.63, 3.8) is 0 Å². The summed E-state index contributed by atoms with van der Waals surface area (Å²) in [4.78, 5) is 29.0. The van der Waals surface area contributed by atoms with Crippen molar-refractivity contribution < 1.29 is 14.0 Å². The molecule has 1 aliphatic rings. The molecule has 0 bridgehead atoms. The quantitative estimate of drug-likeness (QED) is 0.661. The van der Waals surface area contributed by atoms with E-state index in [0.717, 1.165) is 19.3 Å². The van der Waals surface area contributed by atoms with E-state index in [0.29, 0.717) is 10.8 Å². The molecule has 148 valence electrons. The molecular formula is C22H20FN3O2S. The van der Waals surface area contributed by atoms with Crippen LogP contribution in [0.2, 0.25) is 0 Å². The summed E-state index contributed by atoms with van der Waals surface area (Å²) in [5, 5.41) is 7.74. The van der Waals surface area contributed by atoms with Gasteiger partial charge in [-0.3, -0.25) is 14.9 Å². The van der Waals surface area contributed by atoms with Crippen molar-refractivity contribution in [2.24, 2.45) is 0 Å². The van der Waals surface area contributed by atoms with Gasteiger partial charge in [0.25, 0.3) is 5.91 Å². The Kier molecular flexibility index (Phi) is 5.67. The summed E-state index contributed by atoms with van der Waals surface area (Å²) < 4.78 is 13.7. The van der Waals surface area contributed by atoms with Crippen LogP contribution in [0.1, 0.15) is 46.1 Å². The molecule has 1 unspecified atom stereocenters. The molecule has 5 nitrogen and oxygen atoms in total. The molecule has 0 saturated heterocycles. The monoisotopic (exact) mass is 409 g/mol. The smallest absolute Gasteiger partial charge is 0.260 e. The number of benzene rings is 2. The van der Waals surface area contributed by atoms with Crippen LogP contribution < -0.4 is 10.6 Å².